The van der Waals surface area contributed by atoms with Crippen LogP contribution in [0.25, 0.3) is 0 Å². The summed E-state index contributed by atoms with van der Waals surface area (Å²) in [6, 6.07) is 0. The van der Waals surface area contributed by atoms with Gasteiger partial charge in [0.05, 0.1) is 12.7 Å². The zero-order valence-electron chi connectivity index (χ0n) is 5.77. The molecule has 0 spiro atoms. The van der Waals surface area contributed by atoms with E-state index in [4.69, 9.17) is 5.11 Å². The molecular formula is C6H9F3O2. The van der Waals surface area contributed by atoms with Crippen LogP contribution in [0, 0.1) is 0 Å². The van der Waals surface area contributed by atoms with Gasteiger partial charge in [0.1, 0.15) is 6.61 Å². The maximum atomic E-state index is 11.4. The molecule has 0 aromatic heterocycles. The molecule has 0 aromatic carbocycles. The van der Waals surface area contributed by atoms with Crippen LogP contribution in [0.1, 0.15) is 0 Å². The van der Waals surface area contributed by atoms with Gasteiger partial charge in [0.2, 0.25) is 0 Å². The Morgan fingerprint density at radius 2 is 2.09 bits per heavy atom. The fraction of sp³-hybridized carbons (Fsp3) is 0.667. The SMILES string of the molecule is C=CC(O)COCC(F)(F)F. The number of alkyl halides is 3. The summed E-state index contributed by atoms with van der Waals surface area (Å²) < 4.78 is 38.2. The molecule has 66 valence electrons. The highest BCUT2D eigenvalue weighted by molar-refractivity contribution is 4.77. The molecule has 0 aliphatic rings. The molecule has 11 heavy (non-hydrogen) atoms. The minimum atomic E-state index is -4.33. The van der Waals surface area contributed by atoms with Crippen molar-refractivity contribution in [2.75, 3.05) is 13.2 Å². The van der Waals surface area contributed by atoms with Gasteiger partial charge >= 0.3 is 6.18 Å². The summed E-state index contributed by atoms with van der Waals surface area (Å²) in [6.45, 7) is 1.46. The Bertz CT molecular complexity index is 121. The van der Waals surface area contributed by atoms with Gasteiger partial charge in [-0.1, -0.05) is 6.08 Å². The summed E-state index contributed by atoms with van der Waals surface area (Å²) in [6.07, 6.45) is -4.26. The average Bonchev–Trinajstić information content (AvgIpc) is 1.85. The van der Waals surface area contributed by atoms with Crippen LogP contribution in [-0.2, 0) is 4.74 Å². The summed E-state index contributed by atoms with van der Waals surface area (Å²) >= 11 is 0. The normalized spacial score (nSPS) is 14.5. The van der Waals surface area contributed by atoms with Gasteiger partial charge in [-0.2, -0.15) is 13.2 Å². The van der Waals surface area contributed by atoms with E-state index in [1.165, 1.54) is 0 Å². The van der Waals surface area contributed by atoms with Crippen molar-refractivity contribution in [3.05, 3.63) is 12.7 Å². The molecule has 0 rings (SSSR count). The van der Waals surface area contributed by atoms with E-state index in [0.29, 0.717) is 0 Å². The number of hydrogen-bond donors (Lipinski definition) is 1. The van der Waals surface area contributed by atoms with Gasteiger partial charge in [-0.25, -0.2) is 0 Å². The predicted octanol–water partition coefficient (Wildman–Crippen LogP) is 1.11. The van der Waals surface area contributed by atoms with E-state index in [-0.39, 0.29) is 6.61 Å². The smallest absolute Gasteiger partial charge is 0.387 e. The third-order valence-corrected chi connectivity index (χ3v) is 0.826. The van der Waals surface area contributed by atoms with Crippen molar-refractivity contribution in [3.63, 3.8) is 0 Å². The first-order chi connectivity index (χ1) is 4.95. The van der Waals surface area contributed by atoms with Crippen molar-refractivity contribution in [3.8, 4) is 0 Å². The number of hydrogen-bond acceptors (Lipinski definition) is 2. The quantitative estimate of drug-likeness (QED) is 0.640. The van der Waals surface area contributed by atoms with Crippen LogP contribution in [0.5, 0.6) is 0 Å². The molecule has 0 amide bonds. The highest BCUT2D eigenvalue weighted by Gasteiger charge is 2.27. The minimum Gasteiger partial charge on any atom is -0.387 e. The van der Waals surface area contributed by atoms with Gasteiger partial charge in [-0.15, -0.1) is 6.58 Å². The summed E-state index contributed by atoms with van der Waals surface area (Å²) in [5.74, 6) is 0. The molecule has 0 heterocycles. The summed E-state index contributed by atoms with van der Waals surface area (Å²) in [7, 11) is 0. The molecule has 1 N–H and O–H groups in total. The number of rotatable bonds is 4. The third-order valence-electron chi connectivity index (χ3n) is 0.826. The van der Waals surface area contributed by atoms with Crippen molar-refractivity contribution < 1.29 is 23.0 Å². The lowest BCUT2D eigenvalue weighted by molar-refractivity contribution is -0.177. The molecule has 0 saturated heterocycles. The average molecular weight is 170 g/mol. The van der Waals surface area contributed by atoms with Gasteiger partial charge in [0, 0.05) is 0 Å². The molecule has 0 bridgehead atoms. The Kier molecular flexibility index (Phi) is 4.14. The molecule has 0 aromatic rings. The molecular weight excluding hydrogens is 161 g/mol. The van der Waals surface area contributed by atoms with Crippen LogP contribution in [0.4, 0.5) is 13.2 Å². The zero-order chi connectivity index (χ0) is 8.91. The molecule has 1 unspecified atom stereocenters. The van der Waals surface area contributed by atoms with E-state index in [9.17, 15) is 13.2 Å². The molecule has 2 nitrogen and oxygen atoms in total. The van der Waals surface area contributed by atoms with Gasteiger partial charge in [-0.3, -0.25) is 0 Å². The molecule has 0 aliphatic carbocycles. The summed E-state index contributed by atoms with van der Waals surface area (Å²) in [4.78, 5) is 0. The lowest BCUT2D eigenvalue weighted by Gasteiger charge is -2.08. The number of ether oxygens (including phenoxy) is 1. The van der Waals surface area contributed by atoms with Crippen molar-refractivity contribution in [1.82, 2.24) is 0 Å². The first kappa shape index (κ1) is 10.4. The predicted molar refractivity (Wildman–Crippen MR) is 33.1 cm³/mol. The number of halogens is 3. The fourth-order valence-corrected chi connectivity index (χ4v) is 0.363. The van der Waals surface area contributed by atoms with Crippen molar-refractivity contribution in [2.45, 2.75) is 12.3 Å². The second-order valence-electron chi connectivity index (χ2n) is 1.93. The number of aliphatic hydroxyl groups excluding tert-OH is 1. The standard InChI is InChI=1S/C6H9F3O2/c1-2-5(10)3-11-4-6(7,8)9/h2,5,10H,1,3-4H2. The summed E-state index contributed by atoms with van der Waals surface area (Å²) in [5, 5.41) is 8.64. The van der Waals surface area contributed by atoms with Crippen LogP contribution < -0.4 is 0 Å². The Morgan fingerprint density at radius 3 is 2.45 bits per heavy atom. The first-order valence-electron chi connectivity index (χ1n) is 2.91. The highest BCUT2D eigenvalue weighted by atomic mass is 19.4. The Hall–Kier alpha value is -0.550. The topological polar surface area (TPSA) is 29.5 Å². The van der Waals surface area contributed by atoms with Crippen LogP contribution >= 0.6 is 0 Å². The Morgan fingerprint density at radius 1 is 1.55 bits per heavy atom. The molecule has 5 heteroatoms. The van der Waals surface area contributed by atoms with Crippen molar-refractivity contribution in [1.29, 1.82) is 0 Å². The number of aliphatic hydroxyl groups is 1. The van der Waals surface area contributed by atoms with Crippen LogP contribution in [0.2, 0.25) is 0 Å². The molecule has 0 aliphatic heterocycles. The third kappa shape index (κ3) is 7.35. The minimum absolute atomic E-state index is 0.372. The van der Waals surface area contributed by atoms with Gasteiger partial charge in [0.15, 0.2) is 0 Å². The molecule has 1 atom stereocenters. The lowest BCUT2D eigenvalue weighted by atomic mass is 10.4. The van der Waals surface area contributed by atoms with Gasteiger partial charge in [-0.05, 0) is 0 Å². The maximum absolute atomic E-state index is 11.4. The van der Waals surface area contributed by atoms with Crippen molar-refractivity contribution >= 4 is 0 Å². The van der Waals surface area contributed by atoms with E-state index in [2.05, 4.69) is 11.3 Å². The van der Waals surface area contributed by atoms with Crippen LogP contribution in [0.3, 0.4) is 0 Å². The van der Waals surface area contributed by atoms with E-state index in [1.54, 1.807) is 0 Å². The van der Waals surface area contributed by atoms with E-state index in [0.717, 1.165) is 6.08 Å². The molecule has 0 fully saturated rings. The maximum Gasteiger partial charge on any atom is 0.411 e. The lowest BCUT2D eigenvalue weighted by Crippen LogP contribution is -2.21. The van der Waals surface area contributed by atoms with E-state index >= 15 is 0 Å². The van der Waals surface area contributed by atoms with Crippen molar-refractivity contribution in [2.24, 2.45) is 0 Å². The highest BCUT2D eigenvalue weighted by Crippen LogP contribution is 2.14. The zero-order valence-corrected chi connectivity index (χ0v) is 5.77. The van der Waals surface area contributed by atoms with E-state index < -0.39 is 18.9 Å². The second-order valence-corrected chi connectivity index (χ2v) is 1.93. The van der Waals surface area contributed by atoms with Crippen LogP contribution in [0.15, 0.2) is 12.7 Å². The van der Waals surface area contributed by atoms with Gasteiger partial charge < -0.3 is 9.84 Å². The van der Waals surface area contributed by atoms with Gasteiger partial charge in [0.25, 0.3) is 0 Å². The second kappa shape index (κ2) is 4.35. The largest absolute Gasteiger partial charge is 0.411 e. The van der Waals surface area contributed by atoms with Crippen LogP contribution in [-0.4, -0.2) is 30.6 Å². The Balaban J connectivity index is 3.35. The molecule has 0 saturated carbocycles. The molecule has 0 radical (unpaired) electrons. The Labute approximate surface area is 62.3 Å². The first-order valence-corrected chi connectivity index (χ1v) is 2.91. The van der Waals surface area contributed by atoms with E-state index in [1.807, 2.05) is 0 Å². The fourth-order valence-electron chi connectivity index (χ4n) is 0.363. The monoisotopic (exact) mass is 170 g/mol. The summed E-state index contributed by atoms with van der Waals surface area (Å²) in [5.41, 5.74) is 0.